The second kappa shape index (κ2) is 7.02. The van der Waals surface area contributed by atoms with Crippen LogP contribution in [0.1, 0.15) is 31.9 Å². The molecule has 3 aromatic carbocycles. The van der Waals surface area contributed by atoms with Gasteiger partial charge in [0.05, 0.1) is 0 Å². The molecule has 0 saturated heterocycles. The number of rotatable bonds is 4. The Morgan fingerprint density at radius 2 is 1.20 bits per heavy atom. The molecule has 3 rings (SSSR count). The molecule has 0 radical (unpaired) electrons. The number of benzene rings is 3. The van der Waals surface area contributed by atoms with Gasteiger partial charge in [-0.1, -0.05) is 56.7 Å². The first-order chi connectivity index (χ1) is 11.9. The van der Waals surface area contributed by atoms with Crippen molar-refractivity contribution in [3.8, 4) is 0 Å². The summed E-state index contributed by atoms with van der Waals surface area (Å²) in [5.74, 6) is 0. The topological polar surface area (TPSA) is 24.1 Å². The average molecular weight is 330 g/mol. The zero-order valence-electron chi connectivity index (χ0n) is 15.4. The molecular weight excluding hydrogens is 304 g/mol. The fourth-order valence-corrected chi connectivity index (χ4v) is 2.87. The molecule has 0 bridgehead atoms. The normalized spacial score (nSPS) is 11.2. The van der Waals surface area contributed by atoms with Gasteiger partial charge in [-0.3, -0.25) is 0 Å². The van der Waals surface area contributed by atoms with Gasteiger partial charge in [0.15, 0.2) is 0 Å². The molecule has 0 amide bonds. The molecule has 128 valence electrons. The lowest BCUT2D eigenvalue weighted by Gasteiger charge is -2.24. The van der Waals surface area contributed by atoms with Gasteiger partial charge < -0.3 is 10.6 Å². The molecule has 0 spiro atoms. The van der Waals surface area contributed by atoms with E-state index in [1.54, 1.807) is 0 Å². The van der Waals surface area contributed by atoms with E-state index < -0.39 is 0 Å². The van der Waals surface area contributed by atoms with Crippen molar-refractivity contribution in [2.45, 2.75) is 33.1 Å². The molecule has 2 heteroatoms. The van der Waals surface area contributed by atoms with Crippen LogP contribution in [0, 0.1) is 6.92 Å². The summed E-state index contributed by atoms with van der Waals surface area (Å²) < 4.78 is 0. The van der Waals surface area contributed by atoms with E-state index in [0.29, 0.717) is 0 Å². The fraction of sp³-hybridized carbons (Fsp3) is 0.217. The van der Waals surface area contributed by atoms with Crippen molar-refractivity contribution in [1.29, 1.82) is 0 Å². The quantitative estimate of drug-likeness (QED) is 0.551. The SMILES string of the molecule is Cc1ccc(Nc2ccc(Nc3ccccc3)cc2)c(C(C)(C)C)c1. The summed E-state index contributed by atoms with van der Waals surface area (Å²) in [6.07, 6.45) is 0. The molecule has 0 saturated carbocycles. The Kier molecular flexibility index (Phi) is 4.80. The van der Waals surface area contributed by atoms with Crippen LogP contribution in [0.3, 0.4) is 0 Å². The minimum atomic E-state index is 0.100. The van der Waals surface area contributed by atoms with Crippen LogP contribution in [0.15, 0.2) is 72.8 Å². The van der Waals surface area contributed by atoms with Gasteiger partial charge in [-0.05, 0) is 60.4 Å². The van der Waals surface area contributed by atoms with E-state index in [2.05, 4.69) is 92.9 Å². The van der Waals surface area contributed by atoms with E-state index in [1.807, 2.05) is 18.2 Å². The van der Waals surface area contributed by atoms with Crippen molar-refractivity contribution >= 4 is 22.7 Å². The third kappa shape index (κ3) is 4.42. The zero-order chi connectivity index (χ0) is 17.9. The lowest BCUT2D eigenvalue weighted by Crippen LogP contribution is -2.14. The molecule has 2 N–H and O–H groups in total. The zero-order valence-corrected chi connectivity index (χ0v) is 15.4. The molecule has 0 unspecified atom stereocenters. The number of anilines is 4. The second-order valence-electron chi connectivity index (χ2n) is 7.49. The molecule has 0 aliphatic rings. The van der Waals surface area contributed by atoms with Gasteiger partial charge >= 0.3 is 0 Å². The Hall–Kier alpha value is -2.74. The monoisotopic (exact) mass is 330 g/mol. The van der Waals surface area contributed by atoms with Crippen LogP contribution < -0.4 is 10.6 Å². The Labute approximate surface area is 150 Å². The summed E-state index contributed by atoms with van der Waals surface area (Å²) in [6.45, 7) is 8.89. The minimum absolute atomic E-state index is 0.100. The average Bonchev–Trinajstić information content (AvgIpc) is 2.58. The molecule has 0 heterocycles. The standard InChI is InChI=1S/C23H26N2/c1-17-10-15-22(21(16-17)23(2,3)4)25-20-13-11-19(12-14-20)24-18-8-6-5-7-9-18/h5-16,24-25H,1-4H3. The summed E-state index contributed by atoms with van der Waals surface area (Å²) in [6, 6.07) is 25.2. The molecule has 25 heavy (non-hydrogen) atoms. The summed E-state index contributed by atoms with van der Waals surface area (Å²) in [4.78, 5) is 0. The van der Waals surface area contributed by atoms with Gasteiger partial charge in [0, 0.05) is 22.7 Å². The lowest BCUT2D eigenvalue weighted by molar-refractivity contribution is 0.592. The van der Waals surface area contributed by atoms with Crippen molar-refractivity contribution in [3.05, 3.63) is 83.9 Å². The Morgan fingerprint density at radius 3 is 1.80 bits per heavy atom. The number of aryl methyl sites for hydroxylation is 1. The van der Waals surface area contributed by atoms with Crippen LogP contribution >= 0.6 is 0 Å². The third-order valence-electron chi connectivity index (χ3n) is 4.21. The van der Waals surface area contributed by atoms with Gasteiger partial charge in [0.2, 0.25) is 0 Å². The maximum absolute atomic E-state index is 3.57. The van der Waals surface area contributed by atoms with E-state index >= 15 is 0 Å². The molecular formula is C23H26N2. The summed E-state index contributed by atoms with van der Waals surface area (Å²) >= 11 is 0. The number of hydrogen-bond donors (Lipinski definition) is 2. The van der Waals surface area contributed by atoms with Gasteiger partial charge in [0.25, 0.3) is 0 Å². The number of nitrogens with one attached hydrogen (secondary N) is 2. The highest BCUT2D eigenvalue weighted by Crippen LogP contribution is 2.32. The van der Waals surface area contributed by atoms with Crippen LogP contribution in [-0.2, 0) is 5.41 Å². The number of para-hydroxylation sites is 1. The van der Waals surface area contributed by atoms with Gasteiger partial charge in [0.1, 0.15) is 0 Å². The van der Waals surface area contributed by atoms with Crippen molar-refractivity contribution < 1.29 is 0 Å². The van der Waals surface area contributed by atoms with Gasteiger partial charge in [-0.2, -0.15) is 0 Å². The predicted octanol–water partition coefficient (Wildman–Crippen LogP) is 6.78. The third-order valence-corrected chi connectivity index (χ3v) is 4.21. The highest BCUT2D eigenvalue weighted by Gasteiger charge is 2.18. The maximum Gasteiger partial charge on any atom is 0.0422 e. The second-order valence-corrected chi connectivity index (χ2v) is 7.49. The first-order valence-electron chi connectivity index (χ1n) is 8.72. The van der Waals surface area contributed by atoms with E-state index in [9.17, 15) is 0 Å². The largest absolute Gasteiger partial charge is 0.356 e. The van der Waals surface area contributed by atoms with Crippen LogP contribution in [0.4, 0.5) is 22.7 Å². The van der Waals surface area contributed by atoms with Crippen molar-refractivity contribution in [1.82, 2.24) is 0 Å². The lowest BCUT2D eigenvalue weighted by atomic mass is 9.85. The molecule has 3 aromatic rings. The molecule has 0 aliphatic carbocycles. The van der Waals surface area contributed by atoms with Crippen molar-refractivity contribution in [2.24, 2.45) is 0 Å². The molecule has 0 atom stereocenters. The summed E-state index contributed by atoms with van der Waals surface area (Å²) in [7, 11) is 0. The van der Waals surface area contributed by atoms with E-state index in [0.717, 1.165) is 17.1 Å². The molecule has 0 fully saturated rings. The smallest absolute Gasteiger partial charge is 0.0422 e. The Bertz CT molecular complexity index is 828. The van der Waals surface area contributed by atoms with Crippen LogP contribution in [-0.4, -0.2) is 0 Å². The minimum Gasteiger partial charge on any atom is -0.356 e. The Morgan fingerprint density at radius 1 is 0.640 bits per heavy atom. The van der Waals surface area contributed by atoms with Crippen LogP contribution in [0.25, 0.3) is 0 Å². The molecule has 0 aliphatic heterocycles. The first-order valence-corrected chi connectivity index (χ1v) is 8.72. The first kappa shape index (κ1) is 17.1. The predicted molar refractivity (Wildman–Crippen MR) is 109 cm³/mol. The van der Waals surface area contributed by atoms with E-state index in [4.69, 9.17) is 0 Å². The summed E-state index contributed by atoms with van der Waals surface area (Å²) in [5.41, 5.74) is 7.16. The van der Waals surface area contributed by atoms with Gasteiger partial charge in [-0.15, -0.1) is 0 Å². The van der Waals surface area contributed by atoms with E-state index in [-0.39, 0.29) is 5.41 Å². The van der Waals surface area contributed by atoms with Crippen LogP contribution in [0.2, 0.25) is 0 Å². The van der Waals surface area contributed by atoms with Crippen molar-refractivity contribution in [2.75, 3.05) is 10.6 Å². The molecule has 2 nitrogen and oxygen atoms in total. The van der Waals surface area contributed by atoms with Crippen molar-refractivity contribution in [3.63, 3.8) is 0 Å². The van der Waals surface area contributed by atoms with E-state index in [1.165, 1.54) is 16.8 Å². The highest BCUT2D eigenvalue weighted by molar-refractivity contribution is 5.68. The number of hydrogen-bond acceptors (Lipinski definition) is 2. The summed E-state index contributed by atoms with van der Waals surface area (Å²) in [5, 5.41) is 6.98. The van der Waals surface area contributed by atoms with Crippen LogP contribution in [0.5, 0.6) is 0 Å². The molecule has 0 aromatic heterocycles. The highest BCUT2D eigenvalue weighted by atomic mass is 14.9. The fourth-order valence-electron chi connectivity index (χ4n) is 2.87. The maximum atomic E-state index is 3.57. The Balaban J connectivity index is 1.78. The van der Waals surface area contributed by atoms with Gasteiger partial charge in [-0.25, -0.2) is 0 Å².